The maximum atomic E-state index is 13.4. The van der Waals surface area contributed by atoms with E-state index in [1.807, 2.05) is 0 Å². The quantitative estimate of drug-likeness (QED) is 0.765. The Kier molecular flexibility index (Phi) is 6.31. The van der Waals surface area contributed by atoms with Crippen LogP contribution in [-0.2, 0) is 9.53 Å². The predicted molar refractivity (Wildman–Crippen MR) is 90.7 cm³/mol. The van der Waals surface area contributed by atoms with Gasteiger partial charge in [0.25, 0.3) is 0 Å². The first-order valence-corrected chi connectivity index (χ1v) is 9.37. The predicted octanol–water partition coefficient (Wildman–Crippen LogP) is 4.11. The van der Waals surface area contributed by atoms with Crippen LogP contribution in [0.2, 0.25) is 0 Å². The lowest BCUT2D eigenvalue weighted by atomic mass is 9.79. The third-order valence-corrected chi connectivity index (χ3v) is 5.75. The Balaban J connectivity index is 2.19. The minimum Gasteiger partial charge on any atom is -0.381 e. The topological polar surface area (TPSA) is 29.5 Å². The van der Waals surface area contributed by atoms with Crippen LogP contribution < -0.4 is 0 Å². The number of ether oxygens (including phenoxy) is 1. The number of hydrogen-bond donors (Lipinski definition) is 0. The molecule has 0 aliphatic carbocycles. The van der Waals surface area contributed by atoms with Gasteiger partial charge in [-0.05, 0) is 49.9 Å². The van der Waals surface area contributed by atoms with E-state index >= 15 is 0 Å². The normalized spacial score (nSPS) is 31.0. The maximum absolute atomic E-state index is 13.4. The van der Waals surface area contributed by atoms with Crippen molar-refractivity contribution >= 4 is 5.91 Å². The van der Waals surface area contributed by atoms with E-state index in [9.17, 15) is 4.79 Å². The average Bonchev–Trinajstić information content (AvgIpc) is 2.92. The van der Waals surface area contributed by atoms with Crippen molar-refractivity contribution in [3.63, 3.8) is 0 Å². The zero-order valence-electron chi connectivity index (χ0n) is 15.2. The molecule has 0 aromatic heterocycles. The Morgan fingerprint density at radius 2 is 1.91 bits per heavy atom. The molecule has 3 unspecified atom stereocenters. The van der Waals surface area contributed by atoms with Gasteiger partial charge in [-0.15, -0.1) is 0 Å². The molecule has 2 saturated heterocycles. The van der Waals surface area contributed by atoms with Gasteiger partial charge in [0.1, 0.15) is 0 Å². The van der Waals surface area contributed by atoms with E-state index in [-0.39, 0.29) is 5.92 Å². The molecule has 22 heavy (non-hydrogen) atoms. The van der Waals surface area contributed by atoms with E-state index in [4.69, 9.17) is 4.74 Å². The van der Waals surface area contributed by atoms with Crippen LogP contribution in [0.15, 0.2) is 0 Å². The highest BCUT2D eigenvalue weighted by Gasteiger charge is 2.43. The number of carbonyl (C=O) groups excluding carboxylic acids is 1. The second-order valence-electron chi connectivity index (χ2n) is 7.94. The number of rotatable bonds is 5. The summed E-state index contributed by atoms with van der Waals surface area (Å²) in [6.45, 7) is 12.8. The molecule has 0 aromatic carbocycles. The summed E-state index contributed by atoms with van der Waals surface area (Å²) in [6, 6.07) is 0.883. The molecule has 0 saturated carbocycles. The van der Waals surface area contributed by atoms with Crippen molar-refractivity contribution in [2.75, 3.05) is 13.2 Å². The first-order valence-electron chi connectivity index (χ1n) is 9.37. The van der Waals surface area contributed by atoms with Gasteiger partial charge in [0.2, 0.25) is 5.91 Å². The highest BCUT2D eigenvalue weighted by molar-refractivity contribution is 5.80. The van der Waals surface area contributed by atoms with Gasteiger partial charge in [0.15, 0.2) is 0 Å². The number of carbonyl (C=O) groups is 1. The zero-order valence-corrected chi connectivity index (χ0v) is 15.2. The van der Waals surface area contributed by atoms with Crippen molar-refractivity contribution < 1.29 is 9.53 Å². The standard InChI is InChI=1S/C19H35NO2/c1-6-16-9-10-17(13(2)3)20(16)19(21)18(14(4)5)15-8-7-11-22-12-15/h13-18H,6-12H2,1-5H3/t15?,16?,17-,18?/m0/s1. The number of likely N-dealkylation sites (tertiary alicyclic amines) is 1. The highest BCUT2D eigenvalue weighted by atomic mass is 16.5. The first kappa shape index (κ1) is 17.8. The molecule has 0 spiro atoms. The molecule has 1 amide bonds. The molecule has 128 valence electrons. The van der Waals surface area contributed by atoms with Crippen LogP contribution in [0.25, 0.3) is 0 Å². The molecule has 2 rings (SSSR count). The molecular weight excluding hydrogens is 274 g/mol. The Bertz CT molecular complexity index is 360. The Morgan fingerprint density at radius 3 is 2.41 bits per heavy atom. The van der Waals surface area contributed by atoms with E-state index in [1.54, 1.807) is 0 Å². The van der Waals surface area contributed by atoms with Crippen LogP contribution in [0.1, 0.15) is 66.7 Å². The van der Waals surface area contributed by atoms with Crippen molar-refractivity contribution in [2.24, 2.45) is 23.7 Å². The first-order chi connectivity index (χ1) is 10.5. The fourth-order valence-corrected chi connectivity index (χ4v) is 4.56. The summed E-state index contributed by atoms with van der Waals surface area (Å²) in [4.78, 5) is 15.7. The third-order valence-electron chi connectivity index (χ3n) is 5.75. The second kappa shape index (κ2) is 7.81. The van der Waals surface area contributed by atoms with Crippen LogP contribution >= 0.6 is 0 Å². The molecule has 2 aliphatic rings. The molecule has 3 heteroatoms. The molecule has 0 radical (unpaired) electrons. The van der Waals surface area contributed by atoms with Crippen LogP contribution in [0.5, 0.6) is 0 Å². The van der Waals surface area contributed by atoms with Crippen molar-refractivity contribution in [2.45, 2.75) is 78.8 Å². The minimum atomic E-state index is 0.133. The van der Waals surface area contributed by atoms with Crippen molar-refractivity contribution in [1.82, 2.24) is 4.90 Å². The lowest BCUT2D eigenvalue weighted by Crippen LogP contribution is -2.49. The average molecular weight is 309 g/mol. The maximum Gasteiger partial charge on any atom is 0.226 e. The molecule has 0 bridgehead atoms. The highest BCUT2D eigenvalue weighted by Crippen LogP contribution is 2.37. The monoisotopic (exact) mass is 309 g/mol. The van der Waals surface area contributed by atoms with E-state index in [2.05, 4.69) is 39.5 Å². The number of nitrogens with zero attached hydrogens (tertiary/aromatic N) is 1. The largest absolute Gasteiger partial charge is 0.381 e. The van der Waals surface area contributed by atoms with Gasteiger partial charge >= 0.3 is 0 Å². The van der Waals surface area contributed by atoms with E-state index < -0.39 is 0 Å². The lowest BCUT2D eigenvalue weighted by molar-refractivity contribution is -0.145. The van der Waals surface area contributed by atoms with Gasteiger partial charge < -0.3 is 9.64 Å². The Labute approximate surface area is 136 Å². The molecule has 3 nitrogen and oxygen atoms in total. The summed E-state index contributed by atoms with van der Waals surface area (Å²) in [5.74, 6) is 1.90. The van der Waals surface area contributed by atoms with Gasteiger partial charge in [-0.3, -0.25) is 4.79 Å². The SMILES string of the molecule is CCC1CC[C@@H](C(C)C)N1C(=O)C(C(C)C)C1CCCOC1. The Hall–Kier alpha value is -0.570. The van der Waals surface area contributed by atoms with Gasteiger partial charge in [0, 0.05) is 24.6 Å². The third kappa shape index (κ3) is 3.67. The van der Waals surface area contributed by atoms with Crippen LogP contribution in [0.3, 0.4) is 0 Å². The van der Waals surface area contributed by atoms with Gasteiger partial charge in [-0.2, -0.15) is 0 Å². The summed E-state index contributed by atoms with van der Waals surface area (Å²) >= 11 is 0. The molecule has 2 fully saturated rings. The van der Waals surface area contributed by atoms with Gasteiger partial charge in [-0.1, -0.05) is 34.6 Å². The minimum absolute atomic E-state index is 0.133. The summed E-state index contributed by atoms with van der Waals surface area (Å²) in [5.41, 5.74) is 0. The van der Waals surface area contributed by atoms with E-state index in [1.165, 1.54) is 12.8 Å². The van der Waals surface area contributed by atoms with E-state index in [0.29, 0.717) is 35.7 Å². The van der Waals surface area contributed by atoms with Gasteiger partial charge in [-0.25, -0.2) is 0 Å². The summed E-state index contributed by atoms with van der Waals surface area (Å²) < 4.78 is 5.68. The fourth-order valence-electron chi connectivity index (χ4n) is 4.56. The van der Waals surface area contributed by atoms with Crippen molar-refractivity contribution in [1.29, 1.82) is 0 Å². The van der Waals surface area contributed by atoms with Crippen molar-refractivity contribution in [3.05, 3.63) is 0 Å². The van der Waals surface area contributed by atoms with Crippen molar-refractivity contribution in [3.8, 4) is 0 Å². The zero-order chi connectivity index (χ0) is 16.3. The van der Waals surface area contributed by atoms with Crippen LogP contribution in [-0.4, -0.2) is 36.1 Å². The fraction of sp³-hybridized carbons (Fsp3) is 0.947. The Morgan fingerprint density at radius 1 is 1.18 bits per heavy atom. The molecule has 4 atom stereocenters. The smallest absolute Gasteiger partial charge is 0.226 e. The molecule has 2 heterocycles. The molecule has 0 aromatic rings. The van der Waals surface area contributed by atoms with Gasteiger partial charge in [0.05, 0.1) is 6.61 Å². The van der Waals surface area contributed by atoms with Crippen LogP contribution in [0.4, 0.5) is 0 Å². The van der Waals surface area contributed by atoms with Crippen LogP contribution in [0, 0.1) is 23.7 Å². The second-order valence-corrected chi connectivity index (χ2v) is 7.94. The number of hydrogen-bond acceptors (Lipinski definition) is 2. The molecule has 0 N–H and O–H groups in total. The molecular formula is C19H35NO2. The number of amides is 1. The molecule has 2 aliphatic heterocycles. The summed E-state index contributed by atoms with van der Waals surface area (Å²) in [5, 5.41) is 0. The summed E-state index contributed by atoms with van der Waals surface area (Å²) in [6.07, 6.45) is 5.68. The van der Waals surface area contributed by atoms with E-state index in [0.717, 1.165) is 32.5 Å². The lowest BCUT2D eigenvalue weighted by Gasteiger charge is -2.39. The summed E-state index contributed by atoms with van der Waals surface area (Å²) in [7, 11) is 0.